The molecule has 0 atom stereocenters. The van der Waals surface area contributed by atoms with E-state index in [1.807, 2.05) is 0 Å². The first-order chi connectivity index (χ1) is 17.1. The Kier molecular flexibility index (Phi) is 7.91. The molecular weight excluding hydrogens is 526 g/mol. The molecule has 0 fully saturated rings. The minimum absolute atomic E-state index is 0.0131. The third kappa shape index (κ3) is 6.24. The van der Waals surface area contributed by atoms with Gasteiger partial charge >= 0.3 is 12.4 Å². The van der Waals surface area contributed by atoms with Crippen LogP contribution >= 0.6 is 11.6 Å². The molecule has 3 rings (SSSR count). The number of alkyl halides is 6. The molecular formula is C24H21ClF6N4O2. The summed E-state index contributed by atoms with van der Waals surface area (Å²) >= 11 is 6.19. The van der Waals surface area contributed by atoms with Gasteiger partial charge in [-0.05, 0) is 43.2 Å². The van der Waals surface area contributed by atoms with Gasteiger partial charge in [-0.25, -0.2) is 0 Å². The molecule has 0 spiro atoms. The van der Waals surface area contributed by atoms with Crippen molar-refractivity contribution in [3.63, 3.8) is 0 Å². The number of carbonyl (C=O) groups excluding carboxylic acids is 2. The molecule has 1 aromatic heterocycles. The van der Waals surface area contributed by atoms with Gasteiger partial charge in [-0.3, -0.25) is 14.3 Å². The van der Waals surface area contributed by atoms with Crippen LogP contribution in [0.1, 0.15) is 50.2 Å². The van der Waals surface area contributed by atoms with Crippen LogP contribution in [0, 0.1) is 6.92 Å². The van der Waals surface area contributed by atoms with Gasteiger partial charge in [0.05, 0.1) is 22.7 Å². The number of aryl methyl sites for hydroxylation is 1. The molecule has 0 aliphatic carbocycles. The Balaban J connectivity index is 1.88. The summed E-state index contributed by atoms with van der Waals surface area (Å²) < 4.78 is 78.9. The quantitative estimate of drug-likeness (QED) is 0.370. The van der Waals surface area contributed by atoms with Gasteiger partial charge in [0.25, 0.3) is 11.8 Å². The summed E-state index contributed by atoms with van der Waals surface area (Å²) in [6, 6.07) is 8.54. The zero-order valence-corrected chi connectivity index (χ0v) is 20.5. The van der Waals surface area contributed by atoms with Gasteiger partial charge < -0.3 is 10.2 Å². The second-order valence-electron chi connectivity index (χ2n) is 8.15. The highest BCUT2D eigenvalue weighted by molar-refractivity contribution is 6.35. The highest BCUT2D eigenvalue weighted by Gasteiger charge is 2.41. The number of benzene rings is 2. The summed E-state index contributed by atoms with van der Waals surface area (Å²) in [5.74, 6) is -1.10. The van der Waals surface area contributed by atoms with Crippen molar-refractivity contribution in [1.29, 1.82) is 0 Å². The first kappa shape index (κ1) is 28.0. The van der Waals surface area contributed by atoms with Crippen LogP contribution in [-0.4, -0.2) is 40.1 Å². The predicted molar refractivity (Wildman–Crippen MR) is 125 cm³/mol. The summed E-state index contributed by atoms with van der Waals surface area (Å²) in [6.45, 7) is 3.10. The minimum Gasteiger partial charge on any atom is -0.342 e. The maximum atomic E-state index is 13.3. The fourth-order valence-corrected chi connectivity index (χ4v) is 3.75. The van der Waals surface area contributed by atoms with Crippen molar-refractivity contribution in [2.24, 2.45) is 0 Å². The SMILES string of the molecule is CCN(C)C(=O)c1c(Cl)cccc1C(=O)Nc1ccc(Cn2nc(C(F)(F)F)cc2C(F)(F)F)cc1C. The van der Waals surface area contributed by atoms with E-state index in [4.69, 9.17) is 11.6 Å². The Morgan fingerprint density at radius 2 is 1.73 bits per heavy atom. The fourth-order valence-electron chi connectivity index (χ4n) is 3.50. The molecule has 0 saturated heterocycles. The highest BCUT2D eigenvalue weighted by Crippen LogP contribution is 2.35. The second-order valence-corrected chi connectivity index (χ2v) is 8.56. The lowest BCUT2D eigenvalue weighted by molar-refractivity contribution is -0.144. The summed E-state index contributed by atoms with van der Waals surface area (Å²) in [4.78, 5) is 27.1. The third-order valence-corrected chi connectivity index (χ3v) is 5.84. The van der Waals surface area contributed by atoms with Crippen molar-refractivity contribution in [1.82, 2.24) is 14.7 Å². The van der Waals surface area contributed by atoms with Crippen molar-refractivity contribution in [3.8, 4) is 0 Å². The molecule has 0 bridgehead atoms. The Morgan fingerprint density at radius 3 is 2.30 bits per heavy atom. The Morgan fingerprint density at radius 1 is 1.05 bits per heavy atom. The van der Waals surface area contributed by atoms with Crippen LogP contribution in [0.25, 0.3) is 0 Å². The van der Waals surface area contributed by atoms with Crippen LogP contribution in [0.5, 0.6) is 0 Å². The summed E-state index contributed by atoms with van der Waals surface area (Å²) in [5.41, 5.74) is -2.23. The molecule has 198 valence electrons. The lowest BCUT2D eigenvalue weighted by Crippen LogP contribution is -2.29. The zero-order chi connectivity index (χ0) is 27.7. The van der Waals surface area contributed by atoms with E-state index in [0.29, 0.717) is 12.1 Å². The fraction of sp³-hybridized carbons (Fsp3) is 0.292. The molecule has 0 aliphatic rings. The monoisotopic (exact) mass is 546 g/mol. The Hall–Kier alpha value is -3.54. The molecule has 6 nitrogen and oxygen atoms in total. The van der Waals surface area contributed by atoms with Gasteiger partial charge in [0, 0.05) is 25.3 Å². The second kappa shape index (κ2) is 10.4. The molecule has 37 heavy (non-hydrogen) atoms. The van der Waals surface area contributed by atoms with Crippen LogP contribution in [0.3, 0.4) is 0 Å². The van der Waals surface area contributed by atoms with E-state index >= 15 is 0 Å². The number of nitrogens with one attached hydrogen (secondary N) is 1. The maximum absolute atomic E-state index is 13.3. The number of carbonyl (C=O) groups is 2. The van der Waals surface area contributed by atoms with Crippen LogP contribution in [-0.2, 0) is 18.9 Å². The van der Waals surface area contributed by atoms with E-state index < -0.39 is 42.1 Å². The van der Waals surface area contributed by atoms with E-state index in [9.17, 15) is 35.9 Å². The van der Waals surface area contributed by atoms with Gasteiger partial charge in [0.2, 0.25) is 0 Å². The molecule has 0 radical (unpaired) electrons. The van der Waals surface area contributed by atoms with Gasteiger partial charge in [-0.2, -0.15) is 31.4 Å². The van der Waals surface area contributed by atoms with Crippen molar-refractivity contribution in [2.75, 3.05) is 18.9 Å². The van der Waals surface area contributed by atoms with E-state index in [1.165, 1.54) is 41.3 Å². The molecule has 1 N–H and O–H groups in total. The van der Waals surface area contributed by atoms with Crippen LogP contribution in [0.2, 0.25) is 5.02 Å². The lowest BCUT2D eigenvalue weighted by Gasteiger charge is -2.18. The van der Waals surface area contributed by atoms with E-state index in [-0.39, 0.29) is 38.1 Å². The summed E-state index contributed by atoms with van der Waals surface area (Å²) in [5, 5.41) is 5.82. The number of amides is 2. The van der Waals surface area contributed by atoms with Gasteiger partial charge in [-0.15, -0.1) is 0 Å². The van der Waals surface area contributed by atoms with Crippen LogP contribution in [0.15, 0.2) is 42.5 Å². The smallest absolute Gasteiger partial charge is 0.342 e. The summed E-state index contributed by atoms with van der Waals surface area (Å²) in [6.07, 6.45) is -10.1. The van der Waals surface area contributed by atoms with Crippen LogP contribution in [0.4, 0.5) is 32.0 Å². The highest BCUT2D eigenvalue weighted by atomic mass is 35.5. The Bertz CT molecular complexity index is 1330. The average Bonchev–Trinajstić information content (AvgIpc) is 3.24. The topological polar surface area (TPSA) is 67.2 Å². The number of rotatable bonds is 6. The van der Waals surface area contributed by atoms with Gasteiger partial charge in [0.1, 0.15) is 5.69 Å². The number of anilines is 1. The van der Waals surface area contributed by atoms with Gasteiger partial charge in [-0.1, -0.05) is 29.8 Å². The minimum atomic E-state index is -5.04. The number of aromatic nitrogens is 2. The molecule has 3 aromatic rings. The van der Waals surface area contributed by atoms with Crippen LogP contribution < -0.4 is 5.32 Å². The molecule has 0 aliphatic heterocycles. The molecule has 13 heteroatoms. The van der Waals surface area contributed by atoms with Crippen molar-refractivity contribution in [2.45, 2.75) is 32.7 Å². The standard InChI is InChI=1S/C24H21ClF6N4O2/c1-4-34(3)22(37)20-15(6-5-7-16(20)25)21(36)32-17-9-8-14(10-13(17)2)12-35-19(24(29,30)31)11-18(33-35)23(26,27)28/h5-11H,4,12H2,1-3H3,(H,32,36). The molecule has 2 amide bonds. The van der Waals surface area contributed by atoms with Crippen molar-refractivity contribution in [3.05, 3.63) is 81.1 Å². The molecule has 2 aromatic carbocycles. The van der Waals surface area contributed by atoms with Crippen molar-refractivity contribution >= 4 is 29.1 Å². The first-order valence-electron chi connectivity index (χ1n) is 10.8. The average molecular weight is 547 g/mol. The maximum Gasteiger partial charge on any atom is 0.435 e. The Labute approximate surface area is 212 Å². The van der Waals surface area contributed by atoms with E-state index in [1.54, 1.807) is 20.9 Å². The number of hydrogen-bond donors (Lipinski definition) is 1. The number of nitrogens with zero attached hydrogens (tertiary/aromatic N) is 3. The molecule has 0 saturated carbocycles. The molecule has 0 unspecified atom stereocenters. The number of hydrogen-bond acceptors (Lipinski definition) is 3. The first-order valence-corrected chi connectivity index (χ1v) is 11.2. The van der Waals surface area contributed by atoms with E-state index in [2.05, 4.69) is 10.4 Å². The zero-order valence-electron chi connectivity index (χ0n) is 19.8. The lowest BCUT2D eigenvalue weighted by atomic mass is 10.0. The largest absolute Gasteiger partial charge is 0.435 e. The van der Waals surface area contributed by atoms with Crippen molar-refractivity contribution < 1.29 is 35.9 Å². The predicted octanol–water partition coefficient (Wildman–Crippen LogP) is 6.28. The summed E-state index contributed by atoms with van der Waals surface area (Å²) in [7, 11) is 1.55. The number of halogens is 7. The molecule has 1 heterocycles. The normalized spacial score (nSPS) is 11.9. The third-order valence-electron chi connectivity index (χ3n) is 5.53. The van der Waals surface area contributed by atoms with E-state index in [0.717, 1.165) is 0 Å². The van der Waals surface area contributed by atoms with Gasteiger partial charge in [0.15, 0.2) is 5.69 Å².